The maximum Gasteiger partial charge on any atom is 0.316 e. The topological polar surface area (TPSA) is 88.9 Å². The predicted octanol–water partition coefficient (Wildman–Crippen LogP) is 2.43. The Morgan fingerprint density at radius 3 is 2.86 bits per heavy atom. The van der Waals surface area contributed by atoms with Crippen LogP contribution in [0.25, 0.3) is 10.9 Å². The Morgan fingerprint density at radius 1 is 1.14 bits per heavy atom. The molecule has 4 aromatic rings. The summed E-state index contributed by atoms with van der Waals surface area (Å²) in [5.41, 5.74) is 2.51. The van der Waals surface area contributed by atoms with Gasteiger partial charge in [-0.15, -0.1) is 0 Å². The van der Waals surface area contributed by atoms with Gasteiger partial charge < -0.3 is 14.6 Å². The molecule has 8 heteroatoms. The third-order valence-electron chi connectivity index (χ3n) is 4.88. The molecule has 0 unspecified atom stereocenters. The van der Waals surface area contributed by atoms with E-state index in [4.69, 9.17) is 4.74 Å². The van der Waals surface area contributed by atoms with E-state index in [1.165, 1.54) is 0 Å². The van der Waals surface area contributed by atoms with Gasteiger partial charge in [0.2, 0.25) is 0 Å². The van der Waals surface area contributed by atoms with Crippen molar-refractivity contribution >= 4 is 16.8 Å². The summed E-state index contributed by atoms with van der Waals surface area (Å²) in [6.45, 7) is 1.33. The van der Waals surface area contributed by atoms with Crippen molar-refractivity contribution in [3.8, 4) is 6.01 Å². The first-order valence-corrected chi connectivity index (χ1v) is 9.07. The lowest BCUT2D eigenvalue weighted by Gasteiger charge is -2.33. The molecule has 1 atom stereocenters. The number of rotatable bonds is 4. The fourth-order valence-electron chi connectivity index (χ4n) is 3.56. The molecule has 8 nitrogen and oxygen atoms in total. The monoisotopic (exact) mass is 374 g/mol. The van der Waals surface area contributed by atoms with Gasteiger partial charge in [-0.3, -0.25) is 9.48 Å². The van der Waals surface area contributed by atoms with Gasteiger partial charge in [-0.2, -0.15) is 5.10 Å². The number of carbonyl (C=O) groups is 1. The highest BCUT2D eigenvalue weighted by Crippen LogP contribution is 2.24. The fourth-order valence-corrected chi connectivity index (χ4v) is 3.56. The van der Waals surface area contributed by atoms with Crippen molar-refractivity contribution in [1.29, 1.82) is 0 Å². The van der Waals surface area contributed by atoms with E-state index >= 15 is 0 Å². The van der Waals surface area contributed by atoms with E-state index in [1.807, 2.05) is 46.0 Å². The maximum absolute atomic E-state index is 13.1. The van der Waals surface area contributed by atoms with E-state index in [-0.39, 0.29) is 11.9 Å². The van der Waals surface area contributed by atoms with Crippen molar-refractivity contribution in [2.45, 2.75) is 12.6 Å². The van der Waals surface area contributed by atoms with Crippen LogP contribution in [0, 0.1) is 0 Å². The van der Waals surface area contributed by atoms with Crippen LogP contribution < -0.4 is 4.74 Å². The standard InChI is InChI=1S/C20H18N6O2/c27-19(18-10-14-4-1-2-5-17(14)24-18)25-11-15-6-9-23-26(15)16(12-25)13-28-20-21-7-3-8-22-20/h1-10,16,24H,11-13H2/t16-/m1/s1. The number of hydrogen-bond acceptors (Lipinski definition) is 5. The third kappa shape index (κ3) is 2.98. The molecule has 0 radical (unpaired) electrons. The molecule has 5 rings (SSSR count). The van der Waals surface area contributed by atoms with Gasteiger partial charge in [-0.1, -0.05) is 18.2 Å². The van der Waals surface area contributed by atoms with E-state index in [2.05, 4.69) is 20.1 Å². The second kappa shape index (κ2) is 6.80. The Morgan fingerprint density at radius 2 is 2.00 bits per heavy atom. The Hall–Kier alpha value is -3.68. The second-order valence-electron chi connectivity index (χ2n) is 6.72. The van der Waals surface area contributed by atoms with Crippen LogP contribution in [0.4, 0.5) is 0 Å². The number of aromatic nitrogens is 5. The number of carbonyl (C=O) groups excluding carboxylic acids is 1. The van der Waals surface area contributed by atoms with E-state index in [9.17, 15) is 4.79 Å². The number of nitrogens with zero attached hydrogens (tertiary/aromatic N) is 5. The zero-order chi connectivity index (χ0) is 18.9. The predicted molar refractivity (Wildman–Crippen MR) is 102 cm³/mol. The van der Waals surface area contributed by atoms with Crippen molar-refractivity contribution in [3.05, 3.63) is 72.4 Å². The summed E-state index contributed by atoms with van der Waals surface area (Å²) in [6.07, 6.45) is 5.01. The smallest absolute Gasteiger partial charge is 0.316 e. The first-order valence-electron chi connectivity index (χ1n) is 9.07. The lowest BCUT2D eigenvalue weighted by atomic mass is 10.2. The van der Waals surface area contributed by atoms with Crippen molar-refractivity contribution in [2.75, 3.05) is 13.2 Å². The third-order valence-corrected chi connectivity index (χ3v) is 4.88. The van der Waals surface area contributed by atoms with Crippen molar-refractivity contribution in [1.82, 2.24) is 29.6 Å². The van der Waals surface area contributed by atoms with Crippen molar-refractivity contribution in [3.63, 3.8) is 0 Å². The molecular formula is C20H18N6O2. The lowest BCUT2D eigenvalue weighted by molar-refractivity contribution is 0.0624. The van der Waals surface area contributed by atoms with Gasteiger partial charge in [-0.05, 0) is 24.3 Å². The first-order chi connectivity index (χ1) is 13.8. The van der Waals surface area contributed by atoms with Gasteiger partial charge in [0.15, 0.2) is 0 Å². The largest absolute Gasteiger partial charge is 0.461 e. The minimum atomic E-state index is -0.115. The molecule has 1 amide bonds. The Balaban J connectivity index is 1.38. The van der Waals surface area contributed by atoms with Gasteiger partial charge in [0, 0.05) is 36.0 Å². The summed E-state index contributed by atoms with van der Waals surface area (Å²) in [4.78, 5) is 26.3. The highest BCUT2D eigenvalue weighted by atomic mass is 16.5. The van der Waals surface area contributed by atoms with Crippen LogP contribution >= 0.6 is 0 Å². The number of para-hydroxylation sites is 1. The molecule has 1 aromatic carbocycles. The van der Waals surface area contributed by atoms with Gasteiger partial charge >= 0.3 is 6.01 Å². The summed E-state index contributed by atoms with van der Waals surface area (Å²) in [7, 11) is 0. The number of nitrogens with one attached hydrogen (secondary N) is 1. The molecule has 1 aliphatic heterocycles. The Labute approximate surface area is 160 Å². The van der Waals surface area contributed by atoms with Crippen LogP contribution in [0.2, 0.25) is 0 Å². The zero-order valence-electron chi connectivity index (χ0n) is 15.0. The number of aromatic amines is 1. The van der Waals surface area contributed by atoms with Gasteiger partial charge in [-0.25, -0.2) is 9.97 Å². The maximum atomic E-state index is 13.1. The highest BCUT2D eigenvalue weighted by molar-refractivity contribution is 5.98. The molecule has 3 aromatic heterocycles. The van der Waals surface area contributed by atoms with E-state index in [0.717, 1.165) is 16.6 Å². The number of benzene rings is 1. The molecule has 0 saturated heterocycles. The molecule has 1 N–H and O–H groups in total. The van der Waals surface area contributed by atoms with Crippen LogP contribution in [0.1, 0.15) is 22.2 Å². The second-order valence-corrected chi connectivity index (χ2v) is 6.72. The van der Waals surface area contributed by atoms with E-state index in [1.54, 1.807) is 24.7 Å². The number of hydrogen-bond donors (Lipinski definition) is 1. The van der Waals surface area contributed by atoms with Crippen molar-refractivity contribution in [2.24, 2.45) is 0 Å². The van der Waals surface area contributed by atoms with Crippen LogP contribution in [0.15, 0.2) is 61.1 Å². The van der Waals surface area contributed by atoms with E-state index < -0.39 is 0 Å². The molecule has 0 saturated carbocycles. The molecule has 1 aliphatic rings. The number of fused-ring (bicyclic) bond motifs is 2. The number of ether oxygens (including phenoxy) is 1. The molecule has 0 spiro atoms. The Bertz CT molecular complexity index is 1090. The number of amides is 1. The van der Waals surface area contributed by atoms with Crippen LogP contribution in [-0.4, -0.2) is 48.7 Å². The van der Waals surface area contributed by atoms with Gasteiger partial charge in [0.1, 0.15) is 18.3 Å². The minimum absolute atomic E-state index is 0.0374. The zero-order valence-corrected chi connectivity index (χ0v) is 15.0. The van der Waals surface area contributed by atoms with Gasteiger partial charge in [0.25, 0.3) is 5.91 Å². The highest BCUT2D eigenvalue weighted by Gasteiger charge is 2.30. The summed E-state index contributed by atoms with van der Waals surface area (Å²) >= 11 is 0. The molecule has 4 heterocycles. The molecule has 28 heavy (non-hydrogen) atoms. The van der Waals surface area contributed by atoms with Crippen molar-refractivity contribution < 1.29 is 9.53 Å². The lowest BCUT2D eigenvalue weighted by Crippen LogP contribution is -2.43. The fraction of sp³-hybridized carbons (Fsp3) is 0.200. The summed E-state index contributed by atoms with van der Waals surface area (Å²) in [6, 6.07) is 13.6. The summed E-state index contributed by atoms with van der Waals surface area (Å²) in [5, 5.41) is 5.42. The molecule has 0 aliphatic carbocycles. The van der Waals surface area contributed by atoms with E-state index in [0.29, 0.717) is 31.4 Å². The molecule has 0 fully saturated rings. The molecular weight excluding hydrogens is 356 g/mol. The average molecular weight is 374 g/mol. The molecule has 0 bridgehead atoms. The normalized spacial score (nSPS) is 16.1. The summed E-state index contributed by atoms with van der Waals surface area (Å²) in [5.74, 6) is -0.0374. The quantitative estimate of drug-likeness (QED) is 0.593. The summed E-state index contributed by atoms with van der Waals surface area (Å²) < 4.78 is 7.64. The SMILES string of the molecule is O=C(c1cc2ccccc2[nH]1)N1Cc2ccnn2[C@@H](COc2ncccn2)C1. The number of H-pyrrole nitrogens is 1. The Kier molecular flexibility index (Phi) is 4.01. The minimum Gasteiger partial charge on any atom is -0.461 e. The van der Waals surface area contributed by atoms with Crippen LogP contribution in [0.3, 0.4) is 0 Å². The van der Waals surface area contributed by atoms with Crippen LogP contribution in [-0.2, 0) is 6.54 Å². The van der Waals surface area contributed by atoms with Crippen LogP contribution in [0.5, 0.6) is 6.01 Å². The average Bonchev–Trinajstić information content (AvgIpc) is 3.39. The molecule has 140 valence electrons. The first kappa shape index (κ1) is 16.5. The van der Waals surface area contributed by atoms with Gasteiger partial charge in [0.05, 0.1) is 12.2 Å².